The molecule has 2 rings (SSSR count). The number of aryl methyl sites for hydroxylation is 1. The molecule has 0 aliphatic carbocycles. The van der Waals surface area contributed by atoms with Crippen molar-refractivity contribution in [2.75, 3.05) is 19.4 Å². The van der Waals surface area contributed by atoms with E-state index in [9.17, 15) is 0 Å². The van der Waals surface area contributed by atoms with Gasteiger partial charge < -0.3 is 10.1 Å². The summed E-state index contributed by atoms with van der Waals surface area (Å²) in [7, 11) is 1.99. The van der Waals surface area contributed by atoms with E-state index >= 15 is 0 Å². The quantitative estimate of drug-likeness (QED) is 0.753. The third kappa shape index (κ3) is 4.69. The average Bonchev–Trinajstić information content (AvgIpc) is 2.98. The summed E-state index contributed by atoms with van der Waals surface area (Å²) < 4.78 is 10.8. The van der Waals surface area contributed by atoms with E-state index in [1.807, 2.05) is 26.1 Å². The smallest absolute Gasteiger partial charge is 0.170 e. The summed E-state index contributed by atoms with van der Waals surface area (Å²) in [4.78, 5) is 4.49. The number of nitrogens with one attached hydrogen (secondary N) is 1. The second-order valence-electron chi connectivity index (χ2n) is 4.48. The second-order valence-corrected chi connectivity index (χ2v) is 6.50. The van der Waals surface area contributed by atoms with Crippen LogP contribution in [0.15, 0.2) is 28.6 Å². The van der Waals surface area contributed by atoms with Crippen molar-refractivity contribution in [2.45, 2.75) is 30.6 Å². The van der Waals surface area contributed by atoms with Gasteiger partial charge in [-0.15, -0.1) is 0 Å². The zero-order valence-electron chi connectivity index (χ0n) is 12.6. The van der Waals surface area contributed by atoms with Crippen molar-refractivity contribution in [2.24, 2.45) is 0 Å². The average molecular weight is 323 g/mol. The van der Waals surface area contributed by atoms with Crippen molar-refractivity contribution in [1.29, 1.82) is 0 Å². The molecule has 0 amide bonds. The van der Waals surface area contributed by atoms with Crippen molar-refractivity contribution >= 4 is 23.3 Å². The Morgan fingerprint density at radius 1 is 1.29 bits per heavy atom. The van der Waals surface area contributed by atoms with Crippen LogP contribution >= 0.6 is 23.3 Å². The van der Waals surface area contributed by atoms with Gasteiger partial charge in [0, 0.05) is 18.2 Å². The molecule has 4 nitrogen and oxygen atoms in total. The third-order valence-corrected chi connectivity index (χ3v) is 5.05. The molecule has 0 bridgehead atoms. The molecule has 0 saturated heterocycles. The Morgan fingerprint density at radius 3 is 2.62 bits per heavy atom. The lowest BCUT2D eigenvalue weighted by Crippen LogP contribution is -2.18. The number of hydrogen-bond acceptors (Lipinski definition) is 6. The third-order valence-electron chi connectivity index (χ3n) is 3.08. The maximum absolute atomic E-state index is 5.48. The molecule has 114 valence electrons. The van der Waals surface area contributed by atoms with Crippen LogP contribution in [0.3, 0.4) is 0 Å². The van der Waals surface area contributed by atoms with Gasteiger partial charge in [-0.25, -0.2) is 4.98 Å². The highest BCUT2D eigenvalue weighted by atomic mass is 32.2. The van der Waals surface area contributed by atoms with Crippen LogP contribution in [0.5, 0.6) is 5.75 Å². The molecule has 1 atom stereocenters. The standard InChI is InChI=1S/C15H21N3OS2/c1-4-14-17-15(21-18-14)20-10-13(16-3)11-6-8-12(9-7-11)19-5-2/h6-9,13,16H,4-5,10H2,1-3H3. The van der Waals surface area contributed by atoms with E-state index in [2.05, 4.69) is 33.7 Å². The van der Waals surface area contributed by atoms with Crippen molar-refractivity contribution in [3.63, 3.8) is 0 Å². The van der Waals surface area contributed by atoms with Gasteiger partial charge in [-0.1, -0.05) is 30.8 Å². The van der Waals surface area contributed by atoms with Crippen LogP contribution in [-0.2, 0) is 6.42 Å². The van der Waals surface area contributed by atoms with E-state index in [1.54, 1.807) is 11.8 Å². The van der Waals surface area contributed by atoms with Gasteiger partial charge in [-0.05, 0) is 43.2 Å². The van der Waals surface area contributed by atoms with Crippen molar-refractivity contribution < 1.29 is 4.74 Å². The van der Waals surface area contributed by atoms with Crippen LogP contribution in [0.2, 0.25) is 0 Å². The second kappa shape index (κ2) is 8.36. The highest BCUT2D eigenvalue weighted by Crippen LogP contribution is 2.27. The lowest BCUT2D eigenvalue weighted by molar-refractivity contribution is 0.340. The predicted molar refractivity (Wildman–Crippen MR) is 89.4 cm³/mol. The molecule has 1 N–H and O–H groups in total. The number of hydrogen-bond donors (Lipinski definition) is 1. The minimum absolute atomic E-state index is 0.291. The monoisotopic (exact) mass is 323 g/mol. The number of aromatic nitrogens is 2. The van der Waals surface area contributed by atoms with E-state index in [1.165, 1.54) is 17.1 Å². The Kier molecular flexibility index (Phi) is 6.48. The van der Waals surface area contributed by atoms with Gasteiger partial charge in [-0.3, -0.25) is 0 Å². The molecule has 1 unspecified atom stereocenters. The molecule has 6 heteroatoms. The maximum atomic E-state index is 5.48. The van der Waals surface area contributed by atoms with Crippen LogP contribution in [0.25, 0.3) is 0 Å². The summed E-state index contributed by atoms with van der Waals surface area (Å²) in [5, 5.41) is 3.36. The lowest BCUT2D eigenvalue weighted by atomic mass is 10.1. The maximum Gasteiger partial charge on any atom is 0.170 e. The Balaban J connectivity index is 1.95. The summed E-state index contributed by atoms with van der Waals surface area (Å²) in [6, 6.07) is 8.57. The fourth-order valence-electron chi connectivity index (χ4n) is 1.90. The van der Waals surface area contributed by atoms with Gasteiger partial charge in [0.15, 0.2) is 4.34 Å². The molecular formula is C15H21N3OS2. The predicted octanol–water partition coefficient (Wildman–Crippen LogP) is 3.55. The molecule has 1 aromatic heterocycles. The Bertz CT molecular complexity index is 542. The van der Waals surface area contributed by atoms with Crippen LogP contribution < -0.4 is 10.1 Å². The number of rotatable bonds is 8. The molecule has 2 aromatic rings. The first kappa shape index (κ1) is 16.3. The van der Waals surface area contributed by atoms with E-state index in [0.29, 0.717) is 12.6 Å². The van der Waals surface area contributed by atoms with Crippen molar-refractivity contribution in [3.05, 3.63) is 35.7 Å². The summed E-state index contributed by atoms with van der Waals surface area (Å²) >= 11 is 3.23. The summed E-state index contributed by atoms with van der Waals surface area (Å²) in [6.45, 7) is 4.77. The minimum atomic E-state index is 0.291. The van der Waals surface area contributed by atoms with E-state index < -0.39 is 0 Å². The first-order valence-electron chi connectivity index (χ1n) is 7.12. The molecule has 1 heterocycles. The Labute approximate surface area is 134 Å². The van der Waals surface area contributed by atoms with Crippen LogP contribution in [0, 0.1) is 0 Å². The largest absolute Gasteiger partial charge is 0.494 e. The van der Waals surface area contributed by atoms with Crippen molar-refractivity contribution in [3.8, 4) is 5.75 Å². The van der Waals surface area contributed by atoms with Gasteiger partial charge in [0.1, 0.15) is 11.6 Å². The minimum Gasteiger partial charge on any atom is -0.494 e. The lowest BCUT2D eigenvalue weighted by Gasteiger charge is -2.16. The summed E-state index contributed by atoms with van der Waals surface area (Å²) in [5.41, 5.74) is 1.26. The van der Waals surface area contributed by atoms with Gasteiger partial charge in [0.25, 0.3) is 0 Å². The fraction of sp³-hybridized carbons (Fsp3) is 0.467. The van der Waals surface area contributed by atoms with Crippen LogP contribution in [-0.4, -0.2) is 28.8 Å². The first-order chi connectivity index (χ1) is 10.3. The molecule has 0 radical (unpaired) electrons. The topological polar surface area (TPSA) is 47.0 Å². The zero-order chi connectivity index (χ0) is 15.1. The molecule has 0 aliphatic rings. The Hall–Kier alpha value is -1.11. The van der Waals surface area contributed by atoms with Gasteiger partial charge in [0.05, 0.1) is 6.61 Å². The fourth-order valence-corrected chi connectivity index (χ4v) is 3.77. The van der Waals surface area contributed by atoms with E-state index in [0.717, 1.165) is 28.1 Å². The first-order valence-corrected chi connectivity index (χ1v) is 8.88. The highest BCUT2D eigenvalue weighted by molar-refractivity contribution is 8.00. The number of thioether (sulfide) groups is 1. The molecular weight excluding hydrogens is 302 g/mol. The van der Waals surface area contributed by atoms with Gasteiger partial charge >= 0.3 is 0 Å². The molecule has 0 fully saturated rings. The van der Waals surface area contributed by atoms with E-state index in [4.69, 9.17) is 4.74 Å². The summed E-state index contributed by atoms with van der Waals surface area (Å²) in [6.07, 6.45) is 0.894. The zero-order valence-corrected chi connectivity index (χ0v) is 14.3. The molecule has 21 heavy (non-hydrogen) atoms. The highest BCUT2D eigenvalue weighted by Gasteiger charge is 2.12. The normalized spacial score (nSPS) is 12.3. The van der Waals surface area contributed by atoms with Crippen LogP contribution in [0.4, 0.5) is 0 Å². The molecule has 0 saturated carbocycles. The number of benzene rings is 1. The molecule has 0 spiro atoms. The Morgan fingerprint density at radius 2 is 2.05 bits per heavy atom. The molecule has 1 aromatic carbocycles. The molecule has 0 aliphatic heterocycles. The van der Waals surface area contributed by atoms with E-state index in [-0.39, 0.29) is 0 Å². The van der Waals surface area contributed by atoms with Gasteiger partial charge in [-0.2, -0.15) is 4.37 Å². The number of nitrogens with zero attached hydrogens (tertiary/aromatic N) is 2. The summed E-state index contributed by atoms with van der Waals surface area (Å²) in [5.74, 6) is 2.79. The van der Waals surface area contributed by atoms with Gasteiger partial charge in [0.2, 0.25) is 0 Å². The van der Waals surface area contributed by atoms with Crippen LogP contribution in [0.1, 0.15) is 31.3 Å². The SMILES string of the molecule is CCOc1ccc(C(CSc2nc(CC)ns2)NC)cc1. The van der Waals surface area contributed by atoms with Crippen molar-refractivity contribution in [1.82, 2.24) is 14.7 Å². The number of ether oxygens (including phenoxy) is 1.